The maximum atomic E-state index is 12.4. The molecule has 1 fully saturated rings. The van der Waals surface area contributed by atoms with Crippen LogP contribution in [0.2, 0.25) is 0 Å². The Morgan fingerprint density at radius 1 is 1.45 bits per heavy atom. The molecule has 104 valence electrons. The fourth-order valence-electron chi connectivity index (χ4n) is 2.61. The number of piperidine rings is 1. The Balaban J connectivity index is 1.77. The van der Waals surface area contributed by atoms with E-state index in [1.807, 2.05) is 27.8 Å². The van der Waals surface area contributed by atoms with Crippen LogP contribution in [0.1, 0.15) is 34.8 Å². The SMILES string of the molecule is O=C(c1ccsc1)N1CCC[C@H](c2ccnc(=O)[nH]2)C1. The van der Waals surface area contributed by atoms with Crippen LogP contribution in [-0.4, -0.2) is 33.9 Å². The van der Waals surface area contributed by atoms with Crippen LogP contribution in [-0.2, 0) is 0 Å². The highest BCUT2D eigenvalue weighted by Gasteiger charge is 2.26. The smallest absolute Gasteiger partial charge is 0.338 e. The van der Waals surface area contributed by atoms with Crippen LogP contribution in [0.4, 0.5) is 0 Å². The maximum absolute atomic E-state index is 12.4. The molecule has 0 unspecified atom stereocenters. The van der Waals surface area contributed by atoms with Crippen molar-refractivity contribution in [1.29, 1.82) is 0 Å². The summed E-state index contributed by atoms with van der Waals surface area (Å²) in [6.45, 7) is 1.43. The van der Waals surface area contributed by atoms with E-state index in [4.69, 9.17) is 0 Å². The van der Waals surface area contributed by atoms with Crippen LogP contribution in [0.25, 0.3) is 0 Å². The average Bonchev–Trinajstić information content (AvgIpc) is 3.01. The third-order valence-electron chi connectivity index (χ3n) is 3.61. The number of H-pyrrole nitrogens is 1. The second-order valence-corrected chi connectivity index (χ2v) is 5.71. The fraction of sp³-hybridized carbons (Fsp3) is 0.357. The highest BCUT2D eigenvalue weighted by molar-refractivity contribution is 7.08. The highest BCUT2D eigenvalue weighted by Crippen LogP contribution is 2.26. The van der Waals surface area contributed by atoms with Gasteiger partial charge in [-0.3, -0.25) is 4.79 Å². The second kappa shape index (κ2) is 5.58. The first-order chi connectivity index (χ1) is 9.74. The first-order valence-electron chi connectivity index (χ1n) is 6.61. The van der Waals surface area contributed by atoms with Crippen molar-refractivity contribution in [2.75, 3.05) is 13.1 Å². The molecule has 2 aromatic rings. The van der Waals surface area contributed by atoms with Crippen molar-refractivity contribution in [2.24, 2.45) is 0 Å². The lowest BCUT2D eigenvalue weighted by Gasteiger charge is -2.32. The standard InChI is InChI=1S/C14H15N3O2S/c18-13(11-4-7-20-9-11)17-6-1-2-10(8-17)12-3-5-15-14(19)16-12/h3-5,7,9-10H,1-2,6,8H2,(H,15,16,19)/t10-/m0/s1. The minimum absolute atomic E-state index is 0.0763. The van der Waals surface area contributed by atoms with Gasteiger partial charge >= 0.3 is 5.69 Å². The van der Waals surface area contributed by atoms with Crippen molar-refractivity contribution in [3.63, 3.8) is 0 Å². The molecule has 0 radical (unpaired) electrons. The molecule has 6 heteroatoms. The molecule has 0 saturated carbocycles. The first kappa shape index (κ1) is 13.1. The molecule has 3 rings (SSSR count). The van der Waals surface area contributed by atoms with Crippen LogP contribution in [0, 0.1) is 0 Å². The third-order valence-corrected chi connectivity index (χ3v) is 4.30. The third kappa shape index (κ3) is 2.65. The van der Waals surface area contributed by atoms with E-state index in [1.165, 1.54) is 17.5 Å². The molecule has 1 aliphatic rings. The van der Waals surface area contributed by atoms with Gasteiger partial charge in [0.05, 0.1) is 5.56 Å². The second-order valence-electron chi connectivity index (χ2n) is 4.93. The van der Waals surface area contributed by atoms with Crippen LogP contribution in [0.15, 0.2) is 33.9 Å². The Hall–Kier alpha value is -1.95. The van der Waals surface area contributed by atoms with Gasteiger partial charge in [0.1, 0.15) is 0 Å². The Bertz CT molecular complexity index is 650. The van der Waals surface area contributed by atoms with Gasteiger partial charge in [0.2, 0.25) is 0 Å². The van der Waals surface area contributed by atoms with E-state index < -0.39 is 0 Å². The molecule has 1 amide bonds. The first-order valence-corrected chi connectivity index (χ1v) is 7.55. The largest absolute Gasteiger partial charge is 0.345 e. The average molecular weight is 289 g/mol. The molecular formula is C14H15N3O2S. The van der Waals surface area contributed by atoms with Crippen molar-refractivity contribution in [3.05, 3.63) is 50.8 Å². The lowest BCUT2D eigenvalue weighted by Crippen LogP contribution is -2.39. The summed E-state index contributed by atoms with van der Waals surface area (Å²) in [6, 6.07) is 3.68. The summed E-state index contributed by atoms with van der Waals surface area (Å²) >= 11 is 1.53. The van der Waals surface area contributed by atoms with Crippen LogP contribution >= 0.6 is 11.3 Å². The summed E-state index contributed by atoms with van der Waals surface area (Å²) in [5.74, 6) is 0.259. The lowest BCUT2D eigenvalue weighted by molar-refractivity contribution is 0.0706. The summed E-state index contributed by atoms with van der Waals surface area (Å²) in [5, 5.41) is 3.79. The van der Waals surface area contributed by atoms with E-state index in [-0.39, 0.29) is 17.5 Å². The van der Waals surface area contributed by atoms with Gasteiger partial charge < -0.3 is 9.88 Å². The number of carbonyl (C=O) groups excluding carboxylic acids is 1. The summed E-state index contributed by atoms with van der Waals surface area (Å²) < 4.78 is 0. The monoisotopic (exact) mass is 289 g/mol. The number of rotatable bonds is 2. The van der Waals surface area contributed by atoms with Crippen LogP contribution in [0.3, 0.4) is 0 Å². The molecular weight excluding hydrogens is 274 g/mol. The van der Waals surface area contributed by atoms with Crippen molar-refractivity contribution >= 4 is 17.2 Å². The van der Waals surface area contributed by atoms with E-state index >= 15 is 0 Å². The summed E-state index contributed by atoms with van der Waals surface area (Å²) in [7, 11) is 0. The summed E-state index contributed by atoms with van der Waals surface area (Å²) in [4.78, 5) is 31.9. The Morgan fingerprint density at radius 3 is 3.10 bits per heavy atom. The van der Waals surface area contributed by atoms with Gasteiger partial charge in [-0.1, -0.05) is 0 Å². The summed E-state index contributed by atoms with van der Waals surface area (Å²) in [5.41, 5.74) is 1.29. The zero-order valence-corrected chi connectivity index (χ0v) is 11.7. The number of aromatic nitrogens is 2. The number of nitrogens with zero attached hydrogens (tertiary/aromatic N) is 2. The van der Waals surface area contributed by atoms with Gasteiger partial charge in [-0.2, -0.15) is 11.3 Å². The number of carbonyl (C=O) groups is 1. The molecule has 0 aliphatic carbocycles. The maximum Gasteiger partial charge on any atom is 0.345 e. The topological polar surface area (TPSA) is 66.1 Å². The van der Waals surface area contributed by atoms with Crippen molar-refractivity contribution in [1.82, 2.24) is 14.9 Å². The van der Waals surface area contributed by atoms with Gasteiger partial charge in [0.15, 0.2) is 0 Å². The molecule has 0 bridgehead atoms. The molecule has 5 nitrogen and oxygen atoms in total. The Labute approximate surface area is 120 Å². The van der Waals surface area contributed by atoms with Gasteiger partial charge in [0.25, 0.3) is 5.91 Å². The molecule has 1 saturated heterocycles. The number of hydrogen-bond acceptors (Lipinski definition) is 4. The fourth-order valence-corrected chi connectivity index (χ4v) is 3.23. The van der Waals surface area contributed by atoms with E-state index in [2.05, 4.69) is 9.97 Å². The van der Waals surface area contributed by atoms with E-state index in [1.54, 1.807) is 0 Å². The van der Waals surface area contributed by atoms with Crippen molar-refractivity contribution in [2.45, 2.75) is 18.8 Å². The van der Waals surface area contributed by atoms with Crippen LogP contribution in [0.5, 0.6) is 0 Å². The predicted octanol–water partition coefficient (Wildman–Crippen LogP) is 1.85. The van der Waals surface area contributed by atoms with E-state index in [9.17, 15) is 9.59 Å². The normalized spacial score (nSPS) is 19.0. The number of nitrogens with one attached hydrogen (secondary N) is 1. The lowest BCUT2D eigenvalue weighted by atomic mass is 9.94. The van der Waals surface area contributed by atoms with E-state index in [0.29, 0.717) is 6.54 Å². The molecule has 2 aromatic heterocycles. The minimum Gasteiger partial charge on any atom is -0.338 e. The van der Waals surface area contributed by atoms with Gasteiger partial charge in [-0.15, -0.1) is 0 Å². The number of amides is 1. The Morgan fingerprint density at radius 2 is 2.35 bits per heavy atom. The molecule has 0 spiro atoms. The van der Waals surface area contributed by atoms with Gasteiger partial charge in [-0.25, -0.2) is 9.78 Å². The quantitative estimate of drug-likeness (QED) is 0.917. The zero-order chi connectivity index (χ0) is 13.9. The number of likely N-dealkylation sites (tertiary alicyclic amines) is 1. The van der Waals surface area contributed by atoms with Gasteiger partial charge in [0, 0.05) is 36.3 Å². The molecule has 1 aliphatic heterocycles. The number of hydrogen-bond donors (Lipinski definition) is 1. The summed E-state index contributed by atoms with van der Waals surface area (Å²) in [6.07, 6.45) is 3.45. The van der Waals surface area contributed by atoms with Crippen molar-refractivity contribution in [3.8, 4) is 0 Å². The van der Waals surface area contributed by atoms with Crippen molar-refractivity contribution < 1.29 is 4.79 Å². The Kier molecular flexibility index (Phi) is 3.64. The van der Waals surface area contributed by atoms with Crippen LogP contribution < -0.4 is 5.69 Å². The molecule has 20 heavy (non-hydrogen) atoms. The molecule has 1 atom stereocenters. The molecule has 3 heterocycles. The molecule has 0 aromatic carbocycles. The minimum atomic E-state index is -0.330. The highest BCUT2D eigenvalue weighted by atomic mass is 32.1. The van der Waals surface area contributed by atoms with E-state index in [0.717, 1.165) is 30.6 Å². The molecule has 1 N–H and O–H groups in total. The number of thiophene rings is 1. The predicted molar refractivity (Wildman–Crippen MR) is 77.1 cm³/mol. The number of aromatic amines is 1. The zero-order valence-electron chi connectivity index (χ0n) is 10.9. The van der Waals surface area contributed by atoms with Gasteiger partial charge in [-0.05, 0) is 30.4 Å².